The van der Waals surface area contributed by atoms with Crippen LogP contribution in [0, 0.1) is 6.57 Å². The lowest BCUT2D eigenvalue weighted by molar-refractivity contribution is 0.669. The summed E-state index contributed by atoms with van der Waals surface area (Å²) in [6.07, 6.45) is 0. The number of furan rings is 1. The minimum absolute atomic E-state index is 0.531. The van der Waals surface area contributed by atoms with E-state index in [2.05, 4.69) is 113 Å². The molecule has 0 radical (unpaired) electrons. The minimum Gasteiger partial charge on any atom is -0.457 e. The molecule has 6 nitrogen and oxygen atoms in total. The van der Waals surface area contributed by atoms with Crippen molar-refractivity contribution in [2.24, 2.45) is 0 Å². The Labute approximate surface area is 298 Å². The lowest BCUT2D eigenvalue weighted by Crippen LogP contribution is -2.00. The lowest BCUT2D eigenvalue weighted by atomic mass is 10.0. The molecule has 242 valence electrons. The Morgan fingerprint density at radius 1 is 0.462 bits per heavy atom. The first-order valence-corrected chi connectivity index (χ1v) is 17.1. The number of nitrogens with zero attached hydrogens (tertiary/aromatic N) is 5. The van der Waals surface area contributed by atoms with Crippen LogP contribution in [0.3, 0.4) is 0 Å². The van der Waals surface area contributed by atoms with E-state index >= 15 is 0 Å². The largest absolute Gasteiger partial charge is 0.457 e. The third-order valence-corrected chi connectivity index (χ3v) is 9.69. The molecule has 3 heterocycles. The first-order chi connectivity index (χ1) is 25.7. The first kappa shape index (κ1) is 29.5. The van der Waals surface area contributed by atoms with Gasteiger partial charge in [0.1, 0.15) is 11.2 Å². The van der Waals surface area contributed by atoms with E-state index in [9.17, 15) is 0 Å². The standard InChI is InChI=1S/C46H27N5O/c1-47-37-18-11-21-40-43(37)35-27-26-32(28-41(35)52-40)45-48-44(31-24-22-30(23-25-31)29-12-4-2-5-13-29)49-46(50-45)36-17-10-20-39-42(36)34-16-8-9-19-38(34)51(39)33-14-6-3-7-15-33/h2-28H. The van der Waals surface area contributed by atoms with Crippen LogP contribution >= 0.6 is 0 Å². The van der Waals surface area contributed by atoms with Crippen molar-refractivity contribution in [2.45, 2.75) is 0 Å². The third kappa shape index (κ3) is 4.76. The van der Waals surface area contributed by atoms with Gasteiger partial charge in [-0.05, 0) is 47.5 Å². The Kier molecular flexibility index (Phi) is 6.76. The van der Waals surface area contributed by atoms with Crippen molar-refractivity contribution in [3.05, 3.63) is 175 Å². The molecule has 0 aliphatic rings. The molecular formula is C46H27N5O. The Balaban J connectivity index is 1.20. The van der Waals surface area contributed by atoms with Gasteiger partial charge in [0.2, 0.25) is 0 Å². The summed E-state index contributed by atoms with van der Waals surface area (Å²) in [5, 5.41) is 3.89. The molecule has 3 aromatic heterocycles. The summed E-state index contributed by atoms with van der Waals surface area (Å²) in [6.45, 7) is 7.70. The predicted octanol–water partition coefficient (Wildman–Crippen LogP) is 12.1. The van der Waals surface area contributed by atoms with Crippen LogP contribution in [0.4, 0.5) is 5.69 Å². The van der Waals surface area contributed by atoms with E-state index in [1.807, 2.05) is 60.7 Å². The van der Waals surface area contributed by atoms with Crippen LogP contribution in [0.2, 0.25) is 0 Å². The van der Waals surface area contributed by atoms with Crippen LogP contribution in [-0.2, 0) is 0 Å². The van der Waals surface area contributed by atoms with E-state index < -0.39 is 0 Å². The first-order valence-electron chi connectivity index (χ1n) is 17.1. The highest BCUT2D eigenvalue weighted by atomic mass is 16.3. The van der Waals surface area contributed by atoms with Crippen molar-refractivity contribution in [3.63, 3.8) is 0 Å². The molecule has 0 bridgehead atoms. The number of aromatic nitrogens is 4. The van der Waals surface area contributed by atoms with Gasteiger partial charge in [0, 0.05) is 43.9 Å². The summed E-state index contributed by atoms with van der Waals surface area (Å²) in [7, 11) is 0. The molecule has 52 heavy (non-hydrogen) atoms. The molecule has 10 aromatic rings. The van der Waals surface area contributed by atoms with Gasteiger partial charge in [-0.3, -0.25) is 0 Å². The van der Waals surface area contributed by atoms with E-state index in [0.29, 0.717) is 34.3 Å². The molecule has 0 fully saturated rings. The second-order valence-electron chi connectivity index (χ2n) is 12.7. The molecule has 10 rings (SSSR count). The van der Waals surface area contributed by atoms with Gasteiger partial charge in [-0.25, -0.2) is 19.8 Å². The second kappa shape index (κ2) is 11.9. The van der Waals surface area contributed by atoms with Gasteiger partial charge >= 0.3 is 0 Å². The van der Waals surface area contributed by atoms with Crippen molar-refractivity contribution in [2.75, 3.05) is 0 Å². The molecule has 0 saturated carbocycles. The smallest absolute Gasteiger partial charge is 0.198 e. The van der Waals surface area contributed by atoms with E-state index in [0.717, 1.165) is 66.1 Å². The molecule has 0 unspecified atom stereocenters. The Morgan fingerprint density at radius 3 is 1.90 bits per heavy atom. The molecule has 0 amide bonds. The quantitative estimate of drug-likeness (QED) is 0.172. The highest BCUT2D eigenvalue weighted by molar-refractivity contribution is 6.15. The maximum Gasteiger partial charge on any atom is 0.198 e. The SMILES string of the molecule is [C-]#[N+]c1cccc2oc3cc(-c4nc(-c5ccc(-c6ccccc6)cc5)nc(-c5cccc6c5c5ccccc5n6-c5ccccc5)n4)ccc3c12. The zero-order chi connectivity index (χ0) is 34.6. The third-order valence-electron chi connectivity index (χ3n) is 9.69. The number of benzene rings is 7. The van der Waals surface area contributed by atoms with Crippen molar-refractivity contribution >= 4 is 49.4 Å². The molecule has 0 aliphatic carbocycles. The Morgan fingerprint density at radius 2 is 1.10 bits per heavy atom. The highest BCUT2D eigenvalue weighted by Crippen LogP contribution is 2.40. The van der Waals surface area contributed by atoms with Crippen molar-refractivity contribution < 1.29 is 4.42 Å². The summed E-state index contributed by atoms with van der Waals surface area (Å²) in [5.41, 5.74) is 10.0. The number of hydrogen-bond donors (Lipinski definition) is 0. The van der Waals surface area contributed by atoms with Gasteiger partial charge in [0.15, 0.2) is 23.2 Å². The second-order valence-corrected chi connectivity index (χ2v) is 12.7. The van der Waals surface area contributed by atoms with Crippen LogP contribution in [0.1, 0.15) is 0 Å². The summed E-state index contributed by atoms with van der Waals surface area (Å²) >= 11 is 0. The van der Waals surface area contributed by atoms with E-state index in [-0.39, 0.29) is 0 Å². The Hall–Kier alpha value is -7.36. The maximum atomic E-state index is 7.70. The summed E-state index contributed by atoms with van der Waals surface area (Å²) < 4.78 is 8.57. The highest BCUT2D eigenvalue weighted by Gasteiger charge is 2.20. The molecule has 7 aromatic carbocycles. The van der Waals surface area contributed by atoms with Gasteiger partial charge in [-0.2, -0.15) is 0 Å². The van der Waals surface area contributed by atoms with Crippen molar-refractivity contribution in [3.8, 4) is 51.0 Å². The van der Waals surface area contributed by atoms with Gasteiger partial charge in [-0.15, -0.1) is 0 Å². The van der Waals surface area contributed by atoms with Gasteiger partial charge in [0.25, 0.3) is 0 Å². The number of hydrogen-bond acceptors (Lipinski definition) is 4. The molecule has 0 spiro atoms. The zero-order valence-corrected chi connectivity index (χ0v) is 27.7. The topological polar surface area (TPSA) is 61.1 Å². The van der Waals surface area contributed by atoms with E-state index in [1.165, 1.54) is 0 Å². The fraction of sp³-hybridized carbons (Fsp3) is 0. The fourth-order valence-corrected chi connectivity index (χ4v) is 7.30. The maximum absolute atomic E-state index is 7.70. The average molecular weight is 666 g/mol. The van der Waals surface area contributed by atoms with Crippen LogP contribution in [-0.4, -0.2) is 19.5 Å². The average Bonchev–Trinajstić information content (AvgIpc) is 3.77. The summed E-state index contributed by atoms with van der Waals surface area (Å²) in [5.74, 6) is 1.68. The van der Waals surface area contributed by atoms with E-state index in [4.69, 9.17) is 25.9 Å². The molecule has 0 aliphatic heterocycles. The van der Waals surface area contributed by atoms with Crippen molar-refractivity contribution in [1.82, 2.24) is 19.5 Å². The predicted molar refractivity (Wildman–Crippen MR) is 209 cm³/mol. The number of para-hydroxylation sites is 2. The summed E-state index contributed by atoms with van der Waals surface area (Å²) in [6, 6.07) is 55.5. The summed E-state index contributed by atoms with van der Waals surface area (Å²) in [4.78, 5) is 19.2. The molecule has 6 heteroatoms. The van der Waals surface area contributed by atoms with Crippen molar-refractivity contribution in [1.29, 1.82) is 0 Å². The van der Waals surface area contributed by atoms with Gasteiger partial charge in [-0.1, -0.05) is 127 Å². The van der Waals surface area contributed by atoms with Crippen LogP contribution in [0.25, 0.3) is 99.6 Å². The normalized spacial score (nSPS) is 11.4. The molecule has 0 saturated heterocycles. The lowest BCUT2D eigenvalue weighted by Gasteiger charge is -2.11. The monoisotopic (exact) mass is 665 g/mol. The zero-order valence-electron chi connectivity index (χ0n) is 27.7. The van der Waals surface area contributed by atoms with Gasteiger partial charge in [0.05, 0.1) is 17.6 Å². The van der Waals surface area contributed by atoms with E-state index in [1.54, 1.807) is 0 Å². The van der Waals surface area contributed by atoms with Crippen LogP contribution < -0.4 is 0 Å². The molecule has 0 atom stereocenters. The van der Waals surface area contributed by atoms with Crippen LogP contribution in [0.5, 0.6) is 0 Å². The molecule has 0 N–H and O–H groups in total. The molecular weight excluding hydrogens is 639 g/mol. The minimum atomic E-state index is 0.531. The Bertz CT molecular complexity index is 3010. The number of fused-ring (bicyclic) bond motifs is 6. The fourth-order valence-electron chi connectivity index (χ4n) is 7.30. The number of rotatable bonds is 5. The van der Waals surface area contributed by atoms with Crippen LogP contribution in [0.15, 0.2) is 168 Å². The van der Waals surface area contributed by atoms with Gasteiger partial charge < -0.3 is 8.98 Å².